The number of anilines is 1. The van der Waals surface area contributed by atoms with Gasteiger partial charge in [-0.25, -0.2) is 9.18 Å². The van der Waals surface area contributed by atoms with Crippen molar-refractivity contribution in [3.8, 4) is 11.4 Å². The van der Waals surface area contributed by atoms with Crippen LogP contribution in [0.4, 0.5) is 10.2 Å². The largest absolute Gasteiger partial charge is 0.384 e. The molecule has 0 amide bonds. The summed E-state index contributed by atoms with van der Waals surface area (Å²) in [5, 5.41) is 8.76. The van der Waals surface area contributed by atoms with E-state index in [1.165, 1.54) is 10.6 Å². The zero-order chi connectivity index (χ0) is 22.1. The van der Waals surface area contributed by atoms with E-state index in [0.29, 0.717) is 23.0 Å². The van der Waals surface area contributed by atoms with Crippen molar-refractivity contribution in [3.05, 3.63) is 56.5 Å². The molecule has 0 bridgehead atoms. The van der Waals surface area contributed by atoms with Crippen LogP contribution in [0.25, 0.3) is 11.4 Å². The normalized spacial score (nSPS) is 13.5. The summed E-state index contributed by atoms with van der Waals surface area (Å²) < 4.78 is 17.3. The number of nitrogens with one attached hydrogen (secondary N) is 1. The molecule has 1 fully saturated rings. The van der Waals surface area contributed by atoms with Gasteiger partial charge in [0.15, 0.2) is 16.8 Å². The van der Waals surface area contributed by atoms with Crippen LogP contribution in [0.5, 0.6) is 0 Å². The number of aromatic nitrogens is 5. The topological polar surface area (TPSA) is 129 Å². The lowest BCUT2D eigenvalue weighted by molar-refractivity contribution is 0.102. The third kappa shape index (κ3) is 4.05. The van der Waals surface area contributed by atoms with E-state index < -0.39 is 22.8 Å². The summed E-state index contributed by atoms with van der Waals surface area (Å²) in [7, 11) is 0. The molecule has 162 valence electrons. The Balaban J connectivity index is 1.62. The number of halogens is 1. The van der Waals surface area contributed by atoms with Gasteiger partial charge in [-0.1, -0.05) is 30.8 Å². The molecule has 1 aliphatic carbocycles. The first-order valence-corrected chi connectivity index (χ1v) is 10.9. The fraction of sp³-hybridized carbons (Fsp3) is 0.350. The summed E-state index contributed by atoms with van der Waals surface area (Å²) in [6.07, 6.45) is 2.44. The third-order valence-electron chi connectivity index (χ3n) is 4.99. The predicted octanol–water partition coefficient (Wildman–Crippen LogP) is 2.24. The number of thioether (sulfide) groups is 1. The van der Waals surface area contributed by atoms with Crippen molar-refractivity contribution in [1.82, 2.24) is 24.3 Å². The van der Waals surface area contributed by atoms with Gasteiger partial charge in [0.05, 0.1) is 11.3 Å². The highest BCUT2D eigenvalue weighted by atomic mass is 32.2. The van der Waals surface area contributed by atoms with Gasteiger partial charge >= 0.3 is 5.69 Å². The molecule has 3 aromatic rings. The second kappa shape index (κ2) is 8.50. The molecule has 3 N–H and O–H groups in total. The Morgan fingerprint density at radius 2 is 2.03 bits per heavy atom. The number of aromatic amines is 1. The minimum absolute atomic E-state index is 0.125. The van der Waals surface area contributed by atoms with Crippen molar-refractivity contribution in [2.45, 2.75) is 43.9 Å². The van der Waals surface area contributed by atoms with Gasteiger partial charge in [-0.15, -0.1) is 10.2 Å². The molecule has 1 saturated carbocycles. The Morgan fingerprint density at radius 1 is 1.29 bits per heavy atom. The maximum absolute atomic E-state index is 14.3. The Hall–Kier alpha value is -3.21. The number of carbonyl (C=O) groups is 1. The number of H-pyrrole nitrogens is 1. The third-order valence-corrected chi connectivity index (χ3v) is 5.93. The summed E-state index contributed by atoms with van der Waals surface area (Å²) >= 11 is 1.10. The molecule has 4 rings (SSSR count). The lowest BCUT2D eigenvalue weighted by atomic mass is 10.2. The van der Waals surface area contributed by atoms with Crippen LogP contribution >= 0.6 is 11.8 Å². The van der Waals surface area contributed by atoms with Crippen LogP contribution in [0.15, 0.2) is 39.0 Å². The lowest BCUT2D eigenvalue weighted by Crippen LogP contribution is -2.36. The van der Waals surface area contributed by atoms with Gasteiger partial charge in [0.1, 0.15) is 17.2 Å². The molecular weight excluding hydrogens is 423 g/mol. The van der Waals surface area contributed by atoms with Crippen molar-refractivity contribution in [3.63, 3.8) is 0 Å². The molecule has 2 aromatic heterocycles. The second-order valence-corrected chi connectivity index (χ2v) is 8.21. The molecule has 1 aromatic carbocycles. The summed E-state index contributed by atoms with van der Waals surface area (Å²) in [5.74, 6) is -0.783. The highest BCUT2D eigenvalue weighted by Gasteiger charge is 2.31. The van der Waals surface area contributed by atoms with Gasteiger partial charge < -0.3 is 5.73 Å². The Bertz CT molecular complexity index is 1260. The van der Waals surface area contributed by atoms with Crippen LogP contribution in [0.1, 0.15) is 42.6 Å². The number of nitrogen functional groups attached to an aromatic ring is 1. The maximum atomic E-state index is 14.3. The number of benzene rings is 1. The van der Waals surface area contributed by atoms with Gasteiger partial charge in [-0.2, -0.15) is 0 Å². The van der Waals surface area contributed by atoms with Crippen LogP contribution in [-0.2, 0) is 6.54 Å². The number of Topliss-reactive ketones (excluding diaryl/α,β-unsaturated/α-hetero) is 1. The van der Waals surface area contributed by atoms with Gasteiger partial charge in [0.2, 0.25) is 0 Å². The first-order valence-electron chi connectivity index (χ1n) is 9.90. The Labute approximate surface area is 180 Å². The van der Waals surface area contributed by atoms with Crippen molar-refractivity contribution >= 4 is 23.4 Å². The standard InChI is InChI=1S/C20H21FN6O3S/c1-2-9-26-16(22)15(18(29)23-19(26)30)14(28)10-31-20-25-24-17(27(20)11-7-8-11)12-5-3-4-6-13(12)21/h3-6,11H,2,7-10,22H2,1H3,(H,23,29,30). The van der Waals surface area contributed by atoms with Crippen molar-refractivity contribution in [2.75, 3.05) is 11.5 Å². The number of hydrogen-bond donors (Lipinski definition) is 2. The smallest absolute Gasteiger partial charge is 0.329 e. The van der Waals surface area contributed by atoms with E-state index in [4.69, 9.17) is 5.73 Å². The summed E-state index contributed by atoms with van der Waals surface area (Å²) in [4.78, 5) is 39.1. The molecule has 11 heteroatoms. The molecular formula is C20H21FN6O3S. The van der Waals surface area contributed by atoms with E-state index in [2.05, 4.69) is 15.2 Å². The number of carbonyl (C=O) groups excluding carboxylic acids is 1. The van der Waals surface area contributed by atoms with Crippen LogP contribution in [0.2, 0.25) is 0 Å². The molecule has 2 heterocycles. The zero-order valence-electron chi connectivity index (χ0n) is 16.8. The van der Waals surface area contributed by atoms with Crippen LogP contribution in [-0.4, -0.2) is 35.9 Å². The number of nitrogens with zero attached hydrogens (tertiary/aromatic N) is 4. The fourth-order valence-electron chi connectivity index (χ4n) is 3.37. The Morgan fingerprint density at radius 3 is 2.71 bits per heavy atom. The molecule has 1 aliphatic rings. The number of rotatable bonds is 8. The number of hydrogen-bond acceptors (Lipinski definition) is 7. The number of ketones is 1. The molecule has 0 aliphatic heterocycles. The maximum Gasteiger partial charge on any atom is 0.329 e. The average Bonchev–Trinajstić information content (AvgIpc) is 3.49. The second-order valence-electron chi connectivity index (χ2n) is 7.27. The Kier molecular flexibility index (Phi) is 5.77. The summed E-state index contributed by atoms with van der Waals surface area (Å²) in [6, 6.07) is 6.46. The average molecular weight is 444 g/mol. The summed E-state index contributed by atoms with van der Waals surface area (Å²) in [5.41, 5.74) is 4.61. The van der Waals surface area contributed by atoms with Crippen molar-refractivity contribution in [1.29, 1.82) is 0 Å². The zero-order valence-corrected chi connectivity index (χ0v) is 17.6. The van der Waals surface area contributed by atoms with Gasteiger partial charge in [0, 0.05) is 12.6 Å². The van der Waals surface area contributed by atoms with Gasteiger partial charge in [0.25, 0.3) is 5.56 Å². The lowest BCUT2D eigenvalue weighted by Gasteiger charge is -2.11. The predicted molar refractivity (Wildman–Crippen MR) is 115 cm³/mol. The van der Waals surface area contributed by atoms with Gasteiger partial charge in [-0.3, -0.25) is 23.7 Å². The highest BCUT2D eigenvalue weighted by molar-refractivity contribution is 7.99. The van der Waals surface area contributed by atoms with Gasteiger partial charge in [-0.05, 0) is 31.4 Å². The minimum Gasteiger partial charge on any atom is -0.384 e. The molecule has 0 radical (unpaired) electrons. The number of nitrogens with two attached hydrogens (primary N) is 1. The highest BCUT2D eigenvalue weighted by Crippen LogP contribution is 2.41. The van der Waals surface area contributed by atoms with Crippen LogP contribution < -0.4 is 17.0 Å². The molecule has 0 unspecified atom stereocenters. The van der Waals surface area contributed by atoms with E-state index in [1.807, 2.05) is 11.5 Å². The molecule has 0 atom stereocenters. The SMILES string of the molecule is CCCn1c(N)c(C(=O)CSc2nnc(-c3ccccc3F)n2C2CC2)c(=O)[nH]c1=O. The quantitative estimate of drug-likeness (QED) is 0.403. The molecule has 0 saturated heterocycles. The van der Waals surface area contributed by atoms with E-state index >= 15 is 0 Å². The molecule has 9 nitrogen and oxygen atoms in total. The monoisotopic (exact) mass is 444 g/mol. The molecule has 0 spiro atoms. The van der Waals surface area contributed by atoms with E-state index in [1.54, 1.807) is 18.2 Å². The van der Waals surface area contributed by atoms with E-state index in [0.717, 1.165) is 24.6 Å². The van der Waals surface area contributed by atoms with Crippen LogP contribution in [0, 0.1) is 5.82 Å². The van der Waals surface area contributed by atoms with E-state index in [-0.39, 0.29) is 29.7 Å². The first kappa shape index (κ1) is 21.0. The van der Waals surface area contributed by atoms with Crippen molar-refractivity contribution < 1.29 is 9.18 Å². The molecule has 31 heavy (non-hydrogen) atoms. The fourth-order valence-corrected chi connectivity index (χ4v) is 4.25. The minimum atomic E-state index is -0.809. The van der Waals surface area contributed by atoms with Crippen LogP contribution in [0.3, 0.4) is 0 Å². The summed E-state index contributed by atoms with van der Waals surface area (Å²) in [6.45, 7) is 2.14. The first-order chi connectivity index (χ1) is 14.9. The van der Waals surface area contributed by atoms with E-state index in [9.17, 15) is 18.8 Å². The van der Waals surface area contributed by atoms with Crippen molar-refractivity contribution in [2.24, 2.45) is 0 Å².